The van der Waals surface area contributed by atoms with Crippen molar-refractivity contribution in [3.05, 3.63) is 47.7 Å². The Morgan fingerprint density at radius 3 is 2.62 bits per heavy atom. The molecule has 1 saturated carbocycles. The Balaban J connectivity index is 1.75. The van der Waals surface area contributed by atoms with Crippen LogP contribution in [0.3, 0.4) is 0 Å². The SMILES string of the molecule is O=C(O)CCCCc1c(F)cc(-c2cccnc2OCC2CC2)cc1F. The van der Waals surface area contributed by atoms with E-state index in [1.807, 2.05) is 0 Å². The Morgan fingerprint density at radius 2 is 1.96 bits per heavy atom. The lowest BCUT2D eigenvalue weighted by molar-refractivity contribution is -0.137. The number of ether oxygens (including phenoxy) is 1. The van der Waals surface area contributed by atoms with Crippen LogP contribution in [0.25, 0.3) is 11.1 Å². The molecule has 4 nitrogen and oxygen atoms in total. The Hall–Kier alpha value is -2.50. The summed E-state index contributed by atoms with van der Waals surface area (Å²) in [6.07, 6.45) is 4.85. The van der Waals surface area contributed by atoms with Crippen LogP contribution in [0.2, 0.25) is 0 Å². The molecule has 26 heavy (non-hydrogen) atoms. The van der Waals surface area contributed by atoms with Crippen molar-refractivity contribution in [2.45, 2.75) is 38.5 Å². The second-order valence-electron chi connectivity index (χ2n) is 6.63. The highest BCUT2D eigenvalue weighted by Gasteiger charge is 2.23. The van der Waals surface area contributed by atoms with Crippen molar-refractivity contribution in [2.24, 2.45) is 5.92 Å². The van der Waals surface area contributed by atoms with Gasteiger partial charge in [0.05, 0.1) is 6.61 Å². The topological polar surface area (TPSA) is 59.4 Å². The number of carbonyl (C=O) groups is 1. The minimum Gasteiger partial charge on any atom is -0.481 e. The lowest BCUT2D eigenvalue weighted by Crippen LogP contribution is -2.03. The molecule has 2 aromatic rings. The van der Waals surface area contributed by atoms with Gasteiger partial charge in [-0.1, -0.05) is 0 Å². The van der Waals surface area contributed by atoms with E-state index >= 15 is 0 Å². The molecule has 0 radical (unpaired) electrons. The van der Waals surface area contributed by atoms with E-state index in [-0.39, 0.29) is 18.4 Å². The summed E-state index contributed by atoms with van der Waals surface area (Å²) in [7, 11) is 0. The van der Waals surface area contributed by atoms with E-state index in [4.69, 9.17) is 9.84 Å². The highest BCUT2D eigenvalue weighted by molar-refractivity contribution is 5.69. The van der Waals surface area contributed by atoms with Crippen molar-refractivity contribution in [3.8, 4) is 17.0 Å². The molecule has 0 bridgehead atoms. The molecule has 6 heteroatoms. The van der Waals surface area contributed by atoms with Gasteiger partial charge in [0.25, 0.3) is 0 Å². The summed E-state index contributed by atoms with van der Waals surface area (Å²) in [5, 5.41) is 8.62. The van der Waals surface area contributed by atoms with Gasteiger partial charge in [-0.2, -0.15) is 0 Å². The Morgan fingerprint density at radius 1 is 1.23 bits per heavy atom. The number of carboxylic acid groups (broad SMARTS) is 1. The van der Waals surface area contributed by atoms with Gasteiger partial charge in [0, 0.05) is 23.7 Å². The second kappa shape index (κ2) is 8.25. The summed E-state index contributed by atoms with van der Waals surface area (Å²) in [6.45, 7) is 0.566. The molecule has 0 saturated heterocycles. The number of unbranched alkanes of at least 4 members (excludes halogenated alkanes) is 1. The number of halogens is 2. The van der Waals surface area contributed by atoms with Crippen molar-refractivity contribution in [1.82, 2.24) is 4.98 Å². The van der Waals surface area contributed by atoms with E-state index in [9.17, 15) is 13.6 Å². The zero-order valence-electron chi connectivity index (χ0n) is 14.4. The molecule has 1 aliphatic carbocycles. The smallest absolute Gasteiger partial charge is 0.303 e. The van der Waals surface area contributed by atoms with Gasteiger partial charge < -0.3 is 9.84 Å². The maximum absolute atomic E-state index is 14.4. The maximum atomic E-state index is 14.4. The lowest BCUT2D eigenvalue weighted by Gasteiger charge is -2.12. The molecule has 138 valence electrons. The van der Waals surface area contributed by atoms with Crippen LogP contribution in [0, 0.1) is 17.6 Å². The normalized spacial score (nSPS) is 13.6. The zero-order valence-corrected chi connectivity index (χ0v) is 14.4. The van der Waals surface area contributed by atoms with Crippen molar-refractivity contribution >= 4 is 5.97 Å². The second-order valence-corrected chi connectivity index (χ2v) is 6.63. The van der Waals surface area contributed by atoms with Gasteiger partial charge in [-0.3, -0.25) is 4.79 Å². The molecular weight excluding hydrogens is 340 g/mol. The number of pyridine rings is 1. The number of hydrogen-bond donors (Lipinski definition) is 1. The van der Waals surface area contributed by atoms with Crippen LogP contribution in [0.15, 0.2) is 30.5 Å². The van der Waals surface area contributed by atoms with E-state index in [2.05, 4.69) is 4.98 Å². The first-order valence-corrected chi connectivity index (χ1v) is 8.82. The predicted octanol–water partition coefficient (Wildman–Crippen LogP) is 4.61. The quantitative estimate of drug-likeness (QED) is 0.663. The van der Waals surface area contributed by atoms with Gasteiger partial charge >= 0.3 is 5.97 Å². The molecule has 1 aromatic heterocycles. The van der Waals surface area contributed by atoms with Gasteiger partial charge in [0.2, 0.25) is 5.88 Å². The molecule has 1 heterocycles. The molecule has 3 rings (SSSR count). The van der Waals surface area contributed by atoms with Gasteiger partial charge in [-0.05, 0) is 67.9 Å². The summed E-state index contributed by atoms with van der Waals surface area (Å²) in [4.78, 5) is 14.7. The number of benzene rings is 1. The Labute approximate surface area is 150 Å². The molecule has 1 aromatic carbocycles. The molecule has 0 aliphatic heterocycles. The van der Waals surface area contributed by atoms with E-state index in [0.29, 0.717) is 42.4 Å². The number of aliphatic carboxylic acids is 1. The summed E-state index contributed by atoms with van der Waals surface area (Å²) in [5.74, 6) is -1.24. The van der Waals surface area contributed by atoms with Crippen molar-refractivity contribution in [1.29, 1.82) is 0 Å². The van der Waals surface area contributed by atoms with Gasteiger partial charge in [-0.25, -0.2) is 13.8 Å². The van der Waals surface area contributed by atoms with E-state index in [0.717, 1.165) is 12.8 Å². The molecule has 0 spiro atoms. The summed E-state index contributed by atoms with van der Waals surface area (Å²) in [5.41, 5.74) is 0.931. The molecule has 0 atom stereocenters. The minimum absolute atomic E-state index is 0.00129. The molecule has 1 aliphatic rings. The summed E-state index contributed by atoms with van der Waals surface area (Å²) < 4.78 is 34.6. The first-order valence-electron chi connectivity index (χ1n) is 8.82. The molecule has 0 amide bonds. The fourth-order valence-electron chi connectivity index (χ4n) is 2.78. The van der Waals surface area contributed by atoms with E-state index < -0.39 is 17.6 Å². The highest BCUT2D eigenvalue weighted by atomic mass is 19.1. The van der Waals surface area contributed by atoms with E-state index in [1.165, 1.54) is 12.1 Å². The summed E-state index contributed by atoms with van der Waals surface area (Å²) >= 11 is 0. The highest BCUT2D eigenvalue weighted by Crippen LogP contribution is 2.33. The summed E-state index contributed by atoms with van der Waals surface area (Å²) in [6, 6.07) is 6.01. The largest absolute Gasteiger partial charge is 0.481 e. The lowest BCUT2D eigenvalue weighted by atomic mass is 10.0. The first-order chi connectivity index (χ1) is 12.5. The first kappa shape index (κ1) is 18.3. The minimum atomic E-state index is -0.906. The Kier molecular flexibility index (Phi) is 5.81. The predicted molar refractivity (Wildman–Crippen MR) is 93.0 cm³/mol. The van der Waals surface area contributed by atoms with Crippen LogP contribution in [-0.2, 0) is 11.2 Å². The van der Waals surface area contributed by atoms with Crippen LogP contribution >= 0.6 is 0 Å². The van der Waals surface area contributed by atoms with Crippen LogP contribution < -0.4 is 4.74 Å². The molecule has 0 unspecified atom stereocenters. The van der Waals surface area contributed by atoms with Crippen LogP contribution in [0.5, 0.6) is 5.88 Å². The van der Waals surface area contributed by atoms with Crippen LogP contribution in [0.1, 0.15) is 37.7 Å². The molecule has 1 fully saturated rings. The van der Waals surface area contributed by atoms with Crippen LogP contribution in [0.4, 0.5) is 8.78 Å². The van der Waals surface area contributed by atoms with Gasteiger partial charge in [0.15, 0.2) is 0 Å². The number of aromatic nitrogens is 1. The average Bonchev–Trinajstić information content (AvgIpc) is 3.43. The van der Waals surface area contributed by atoms with Gasteiger partial charge in [-0.15, -0.1) is 0 Å². The van der Waals surface area contributed by atoms with Crippen molar-refractivity contribution < 1.29 is 23.4 Å². The standard InChI is InChI=1S/C20H21F2NO3/c21-17-10-14(11-18(22)16(17)4-1-2-6-19(24)25)15-5-3-9-23-20(15)26-12-13-7-8-13/h3,5,9-11,13H,1-2,4,6-8,12H2,(H,24,25). The number of hydrogen-bond acceptors (Lipinski definition) is 3. The number of rotatable bonds is 9. The fourth-order valence-corrected chi connectivity index (χ4v) is 2.78. The van der Waals surface area contributed by atoms with E-state index in [1.54, 1.807) is 18.3 Å². The number of carboxylic acids is 1. The zero-order chi connectivity index (χ0) is 18.5. The molecular formula is C20H21F2NO3. The van der Waals surface area contributed by atoms with Gasteiger partial charge in [0.1, 0.15) is 11.6 Å². The van der Waals surface area contributed by atoms with Crippen molar-refractivity contribution in [2.75, 3.05) is 6.61 Å². The fraction of sp³-hybridized carbons (Fsp3) is 0.400. The maximum Gasteiger partial charge on any atom is 0.303 e. The third kappa shape index (κ3) is 4.77. The van der Waals surface area contributed by atoms with Crippen LogP contribution in [-0.4, -0.2) is 22.7 Å². The molecule has 1 N–H and O–H groups in total. The third-order valence-corrected chi connectivity index (χ3v) is 4.44. The Bertz CT molecular complexity index is 767. The average molecular weight is 361 g/mol. The van der Waals surface area contributed by atoms with Crippen molar-refractivity contribution in [3.63, 3.8) is 0 Å². The number of nitrogens with zero attached hydrogens (tertiary/aromatic N) is 1. The monoisotopic (exact) mass is 361 g/mol. The third-order valence-electron chi connectivity index (χ3n) is 4.44.